The third kappa shape index (κ3) is 3.84. The van der Waals surface area contributed by atoms with Crippen molar-refractivity contribution in [1.29, 1.82) is 0 Å². The van der Waals surface area contributed by atoms with Crippen molar-refractivity contribution in [2.45, 2.75) is 13.5 Å². The molecule has 0 saturated heterocycles. The van der Waals surface area contributed by atoms with E-state index >= 15 is 0 Å². The van der Waals surface area contributed by atoms with Gasteiger partial charge in [-0.05, 0) is 30.7 Å². The molecule has 1 amide bonds. The van der Waals surface area contributed by atoms with Crippen LogP contribution in [0.25, 0.3) is 10.8 Å². The molecule has 0 spiro atoms. The van der Waals surface area contributed by atoms with Gasteiger partial charge in [0.2, 0.25) is 0 Å². The lowest BCUT2D eigenvalue weighted by Crippen LogP contribution is -2.29. The molecule has 0 atom stereocenters. The van der Waals surface area contributed by atoms with E-state index in [9.17, 15) is 9.59 Å². The first kappa shape index (κ1) is 18.4. The van der Waals surface area contributed by atoms with Crippen molar-refractivity contribution in [3.8, 4) is 0 Å². The van der Waals surface area contributed by atoms with Gasteiger partial charge in [-0.3, -0.25) is 9.59 Å². The fourth-order valence-corrected chi connectivity index (χ4v) is 3.07. The van der Waals surface area contributed by atoms with Crippen LogP contribution in [-0.4, -0.2) is 26.4 Å². The molecule has 7 heteroatoms. The molecule has 2 aromatic carbocycles. The maximum absolute atomic E-state index is 12.9. The zero-order chi connectivity index (χ0) is 20.2. The summed E-state index contributed by atoms with van der Waals surface area (Å²) < 4.78 is 1.31. The highest BCUT2D eigenvalue weighted by Crippen LogP contribution is 2.14. The van der Waals surface area contributed by atoms with Gasteiger partial charge in [0.1, 0.15) is 0 Å². The van der Waals surface area contributed by atoms with Crippen molar-refractivity contribution in [3.63, 3.8) is 0 Å². The molecule has 0 saturated carbocycles. The number of aromatic nitrogens is 3. The maximum Gasteiger partial charge on any atom is 0.292 e. The summed E-state index contributed by atoms with van der Waals surface area (Å²) in [6.45, 7) is 2.06. The van der Waals surface area contributed by atoms with Gasteiger partial charge in [0.25, 0.3) is 11.5 Å². The zero-order valence-corrected chi connectivity index (χ0v) is 15.8. The number of rotatable bonds is 5. The Morgan fingerprint density at radius 2 is 1.76 bits per heavy atom. The Balaban J connectivity index is 1.73. The predicted octanol–water partition coefficient (Wildman–Crippen LogP) is 2.93. The summed E-state index contributed by atoms with van der Waals surface area (Å²) >= 11 is 0. The number of amides is 1. The molecular formula is C22H19N5O2. The summed E-state index contributed by atoms with van der Waals surface area (Å²) in [5.74, 6) is -0.478. The molecule has 4 aromatic rings. The molecule has 29 heavy (non-hydrogen) atoms. The second kappa shape index (κ2) is 7.93. The van der Waals surface area contributed by atoms with Crippen LogP contribution in [0.3, 0.4) is 0 Å². The summed E-state index contributed by atoms with van der Waals surface area (Å²) in [6.07, 6.45) is 1.78. The van der Waals surface area contributed by atoms with Gasteiger partial charge in [0, 0.05) is 11.6 Å². The Labute approximate surface area is 166 Å². The van der Waals surface area contributed by atoms with E-state index in [-0.39, 0.29) is 17.8 Å². The summed E-state index contributed by atoms with van der Waals surface area (Å²) in [7, 11) is 0. The predicted molar refractivity (Wildman–Crippen MR) is 112 cm³/mol. The van der Waals surface area contributed by atoms with Crippen LogP contribution in [0.2, 0.25) is 0 Å². The molecule has 7 nitrogen and oxygen atoms in total. The van der Waals surface area contributed by atoms with Crippen molar-refractivity contribution in [2.24, 2.45) is 5.10 Å². The van der Waals surface area contributed by atoms with Crippen molar-refractivity contribution in [2.75, 3.05) is 0 Å². The smallest absolute Gasteiger partial charge is 0.292 e. The average Bonchev–Trinajstić information content (AvgIpc) is 3.30. The first-order chi connectivity index (χ1) is 14.1. The highest BCUT2D eigenvalue weighted by atomic mass is 16.2. The third-order valence-electron chi connectivity index (χ3n) is 4.57. The van der Waals surface area contributed by atoms with Crippen molar-refractivity contribution in [1.82, 2.24) is 20.2 Å². The minimum atomic E-state index is -0.478. The van der Waals surface area contributed by atoms with E-state index in [1.807, 2.05) is 42.5 Å². The van der Waals surface area contributed by atoms with E-state index in [0.717, 1.165) is 11.3 Å². The lowest BCUT2D eigenvalue weighted by molar-refractivity contribution is 0.0949. The standard InChI is InChI=1S/C22H19N5O2/c1-15(19-12-7-13-23-19)24-25-21(28)20-17-10-5-6-11-18(17)22(29)27(26-20)14-16-8-3-2-4-9-16/h2-13,23H,14H2,1H3,(H,25,28)/b24-15+. The number of nitrogens with one attached hydrogen (secondary N) is 2. The Morgan fingerprint density at radius 3 is 2.48 bits per heavy atom. The Morgan fingerprint density at radius 1 is 1.03 bits per heavy atom. The number of fused-ring (bicyclic) bond motifs is 1. The van der Waals surface area contributed by atoms with Gasteiger partial charge < -0.3 is 4.98 Å². The Kier molecular flexibility index (Phi) is 5.03. The van der Waals surface area contributed by atoms with Crippen LogP contribution in [0.15, 0.2) is 82.8 Å². The van der Waals surface area contributed by atoms with E-state index < -0.39 is 5.91 Å². The lowest BCUT2D eigenvalue weighted by Gasteiger charge is -2.10. The summed E-state index contributed by atoms with van der Waals surface area (Å²) in [4.78, 5) is 28.7. The highest BCUT2D eigenvalue weighted by molar-refractivity contribution is 6.05. The van der Waals surface area contributed by atoms with E-state index in [2.05, 4.69) is 20.6 Å². The second-order valence-corrected chi connectivity index (χ2v) is 6.56. The number of benzene rings is 2. The number of carbonyl (C=O) groups is 1. The minimum Gasteiger partial charge on any atom is -0.360 e. The van der Waals surface area contributed by atoms with Gasteiger partial charge in [-0.2, -0.15) is 10.2 Å². The molecule has 0 fully saturated rings. The van der Waals surface area contributed by atoms with E-state index in [1.54, 1.807) is 37.4 Å². The third-order valence-corrected chi connectivity index (χ3v) is 4.57. The molecule has 2 heterocycles. The van der Waals surface area contributed by atoms with Crippen LogP contribution in [0.4, 0.5) is 0 Å². The van der Waals surface area contributed by atoms with Gasteiger partial charge >= 0.3 is 0 Å². The first-order valence-electron chi connectivity index (χ1n) is 9.15. The molecule has 4 rings (SSSR count). The molecule has 144 valence electrons. The maximum atomic E-state index is 12.9. The topological polar surface area (TPSA) is 92.1 Å². The van der Waals surface area contributed by atoms with Gasteiger partial charge in [0.15, 0.2) is 5.69 Å². The van der Waals surface area contributed by atoms with Crippen molar-refractivity contribution in [3.05, 3.63) is 100 Å². The van der Waals surface area contributed by atoms with Crippen LogP contribution in [-0.2, 0) is 6.54 Å². The second-order valence-electron chi connectivity index (χ2n) is 6.56. The van der Waals surface area contributed by atoms with Crippen LogP contribution >= 0.6 is 0 Å². The quantitative estimate of drug-likeness (QED) is 0.409. The molecule has 0 radical (unpaired) electrons. The number of hydrogen-bond donors (Lipinski definition) is 2. The SMILES string of the molecule is C/C(=N\NC(=O)c1nn(Cc2ccccc2)c(=O)c2ccccc12)c1ccc[nH]1. The van der Waals surface area contributed by atoms with Gasteiger partial charge in [-0.25, -0.2) is 10.1 Å². The fourth-order valence-electron chi connectivity index (χ4n) is 3.07. The Bertz CT molecular complexity index is 1240. The number of nitrogens with zero attached hydrogens (tertiary/aromatic N) is 3. The van der Waals surface area contributed by atoms with E-state index in [0.29, 0.717) is 16.5 Å². The minimum absolute atomic E-state index is 0.152. The number of hydrazone groups is 1. The van der Waals surface area contributed by atoms with Crippen LogP contribution in [0.5, 0.6) is 0 Å². The summed E-state index contributed by atoms with van der Waals surface area (Å²) in [6, 6.07) is 20.2. The molecule has 0 aliphatic heterocycles. The van der Waals surface area contributed by atoms with Gasteiger partial charge in [-0.15, -0.1) is 0 Å². The number of hydrogen-bond acceptors (Lipinski definition) is 4. The monoisotopic (exact) mass is 385 g/mol. The summed E-state index contributed by atoms with van der Waals surface area (Å²) in [5, 5.41) is 9.43. The normalized spacial score (nSPS) is 11.6. The average molecular weight is 385 g/mol. The van der Waals surface area contributed by atoms with Crippen LogP contribution in [0.1, 0.15) is 28.7 Å². The zero-order valence-electron chi connectivity index (χ0n) is 15.8. The molecule has 2 N–H and O–H groups in total. The molecule has 0 bridgehead atoms. The molecule has 0 unspecified atom stereocenters. The van der Waals surface area contributed by atoms with Crippen LogP contribution in [0, 0.1) is 0 Å². The summed E-state index contributed by atoms with van der Waals surface area (Å²) in [5.41, 5.74) is 4.80. The van der Waals surface area contributed by atoms with E-state index in [1.165, 1.54) is 4.68 Å². The van der Waals surface area contributed by atoms with Crippen LogP contribution < -0.4 is 11.0 Å². The number of aromatic amines is 1. The van der Waals surface area contributed by atoms with Gasteiger partial charge in [0.05, 0.1) is 23.3 Å². The van der Waals surface area contributed by atoms with Crippen molar-refractivity contribution >= 4 is 22.4 Å². The highest BCUT2D eigenvalue weighted by Gasteiger charge is 2.16. The number of H-pyrrole nitrogens is 1. The Hall–Kier alpha value is -4.00. The number of carbonyl (C=O) groups excluding carboxylic acids is 1. The van der Waals surface area contributed by atoms with E-state index in [4.69, 9.17) is 0 Å². The van der Waals surface area contributed by atoms with Gasteiger partial charge in [-0.1, -0.05) is 48.5 Å². The van der Waals surface area contributed by atoms with Crippen molar-refractivity contribution < 1.29 is 4.79 Å². The molecule has 0 aliphatic rings. The fraction of sp³-hybridized carbons (Fsp3) is 0.0909. The molecular weight excluding hydrogens is 366 g/mol. The largest absolute Gasteiger partial charge is 0.360 e. The molecule has 0 aliphatic carbocycles. The molecule has 2 aromatic heterocycles. The lowest BCUT2D eigenvalue weighted by atomic mass is 10.1. The first-order valence-corrected chi connectivity index (χ1v) is 9.15.